The zero-order valence-electron chi connectivity index (χ0n) is 8.76. The molecule has 0 radical (unpaired) electrons. The van der Waals surface area contributed by atoms with Crippen molar-refractivity contribution in [2.24, 2.45) is 0 Å². The van der Waals surface area contributed by atoms with Gasteiger partial charge in [-0.3, -0.25) is 0 Å². The maximum absolute atomic E-state index is 13.3. The van der Waals surface area contributed by atoms with Gasteiger partial charge in [-0.15, -0.1) is 0 Å². The van der Waals surface area contributed by atoms with Gasteiger partial charge in [-0.25, -0.2) is 9.18 Å². The molecule has 0 heterocycles. The van der Waals surface area contributed by atoms with Crippen LogP contribution < -0.4 is 10.5 Å². The Kier molecular flexibility index (Phi) is 3.14. The first-order valence-electron chi connectivity index (χ1n) is 4.23. The molecule has 1 aromatic rings. The number of hydrogen-bond acceptors (Lipinski definition) is 4. The van der Waals surface area contributed by atoms with Crippen molar-refractivity contribution in [2.45, 2.75) is 6.92 Å². The minimum atomic E-state index is -0.671. The Morgan fingerprint density at radius 3 is 2.53 bits per heavy atom. The molecule has 0 fully saturated rings. The molecule has 2 N–H and O–H groups in total. The molecule has 0 unspecified atom stereocenters. The molecule has 82 valence electrons. The minimum absolute atomic E-state index is 0.0255. The lowest BCUT2D eigenvalue weighted by Crippen LogP contribution is -2.10. The van der Waals surface area contributed by atoms with Crippen molar-refractivity contribution < 1.29 is 18.7 Å². The number of halogens is 1. The second kappa shape index (κ2) is 4.16. The van der Waals surface area contributed by atoms with Gasteiger partial charge in [-0.2, -0.15) is 0 Å². The van der Waals surface area contributed by atoms with Crippen molar-refractivity contribution in [1.29, 1.82) is 0 Å². The van der Waals surface area contributed by atoms with Gasteiger partial charge in [0.1, 0.15) is 11.4 Å². The van der Waals surface area contributed by atoms with Crippen LogP contribution in [0, 0.1) is 12.7 Å². The van der Waals surface area contributed by atoms with Crippen LogP contribution >= 0.6 is 0 Å². The third-order valence-corrected chi connectivity index (χ3v) is 2.10. The topological polar surface area (TPSA) is 61.5 Å². The normalized spacial score (nSPS) is 9.87. The third-order valence-electron chi connectivity index (χ3n) is 2.10. The number of benzene rings is 1. The van der Waals surface area contributed by atoms with E-state index in [-0.39, 0.29) is 22.6 Å². The second-order valence-corrected chi connectivity index (χ2v) is 2.97. The Morgan fingerprint density at radius 2 is 2.07 bits per heavy atom. The van der Waals surface area contributed by atoms with Crippen molar-refractivity contribution in [3.8, 4) is 5.75 Å². The summed E-state index contributed by atoms with van der Waals surface area (Å²) < 4.78 is 22.8. The fourth-order valence-corrected chi connectivity index (χ4v) is 1.31. The van der Waals surface area contributed by atoms with Crippen LogP contribution in [0.15, 0.2) is 6.07 Å². The van der Waals surface area contributed by atoms with Crippen LogP contribution in [0.3, 0.4) is 0 Å². The zero-order valence-corrected chi connectivity index (χ0v) is 8.76. The minimum Gasteiger partial charge on any atom is -0.494 e. The number of carbonyl (C=O) groups excluding carboxylic acids is 1. The molecule has 0 aliphatic rings. The maximum atomic E-state index is 13.3. The summed E-state index contributed by atoms with van der Waals surface area (Å²) in [6.07, 6.45) is 0. The number of nitrogens with two attached hydrogens (primary N) is 1. The predicted molar refractivity (Wildman–Crippen MR) is 53.4 cm³/mol. The molecule has 0 aliphatic heterocycles. The summed E-state index contributed by atoms with van der Waals surface area (Å²) in [7, 11) is 2.57. The number of rotatable bonds is 2. The van der Waals surface area contributed by atoms with Gasteiger partial charge in [-0.1, -0.05) is 0 Å². The lowest BCUT2D eigenvalue weighted by Gasteiger charge is -2.12. The lowest BCUT2D eigenvalue weighted by atomic mass is 10.1. The molecule has 4 nitrogen and oxygen atoms in total. The Morgan fingerprint density at radius 1 is 1.47 bits per heavy atom. The van der Waals surface area contributed by atoms with Gasteiger partial charge >= 0.3 is 5.97 Å². The molecule has 1 aromatic carbocycles. The highest BCUT2D eigenvalue weighted by Crippen LogP contribution is 2.31. The Labute approximate surface area is 86.8 Å². The van der Waals surface area contributed by atoms with Crippen molar-refractivity contribution in [2.75, 3.05) is 20.0 Å². The SMILES string of the molecule is COC(=O)c1c(C)c(F)cc(N)c1OC. The average Bonchev–Trinajstić information content (AvgIpc) is 2.21. The van der Waals surface area contributed by atoms with Crippen LogP contribution in [0.4, 0.5) is 10.1 Å². The highest BCUT2D eigenvalue weighted by molar-refractivity contribution is 5.96. The van der Waals surface area contributed by atoms with E-state index < -0.39 is 11.8 Å². The van der Waals surface area contributed by atoms with E-state index in [1.165, 1.54) is 21.1 Å². The van der Waals surface area contributed by atoms with Crippen LogP contribution in [-0.4, -0.2) is 20.2 Å². The largest absolute Gasteiger partial charge is 0.494 e. The predicted octanol–water partition coefficient (Wildman–Crippen LogP) is 1.51. The molecular weight excluding hydrogens is 201 g/mol. The highest BCUT2D eigenvalue weighted by atomic mass is 19.1. The zero-order chi connectivity index (χ0) is 11.6. The van der Waals surface area contributed by atoms with Gasteiger partial charge < -0.3 is 15.2 Å². The number of hydrogen-bond donors (Lipinski definition) is 1. The fraction of sp³-hybridized carbons (Fsp3) is 0.300. The summed E-state index contributed by atoms with van der Waals surface area (Å²) in [5, 5.41) is 0. The summed E-state index contributed by atoms with van der Waals surface area (Å²) in [6, 6.07) is 1.11. The van der Waals surface area contributed by atoms with Crippen LogP contribution in [0.5, 0.6) is 5.75 Å². The molecule has 0 aromatic heterocycles. The molecule has 0 spiro atoms. The smallest absolute Gasteiger partial charge is 0.342 e. The molecule has 0 saturated heterocycles. The van der Waals surface area contributed by atoms with E-state index in [1.807, 2.05) is 0 Å². The van der Waals surface area contributed by atoms with Crippen molar-refractivity contribution >= 4 is 11.7 Å². The molecule has 0 amide bonds. The van der Waals surface area contributed by atoms with Gasteiger partial charge in [0.15, 0.2) is 5.75 Å². The Hall–Kier alpha value is -1.78. The molecule has 15 heavy (non-hydrogen) atoms. The van der Waals surface area contributed by atoms with E-state index in [0.29, 0.717) is 0 Å². The van der Waals surface area contributed by atoms with E-state index >= 15 is 0 Å². The molecule has 0 atom stereocenters. The first-order chi connectivity index (χ1) is 7.02. The number of methoxy groups -OCH3 is 2. The van der Waals surface area contributed by atoms with Gasteiger partial charge in [-0.05, 0) is 6.92 Å². The monoisotopic (exact) mass is 213 g/mol. The average molecular weight is 213 g/mol. The summed E-state index contributed by atoms with van der Waals surface area (Å²) in [4.78, 5) is 11.4. The Bertz CT molecular complexity index is 404. The number of esters is 1. The first-order valence-corrected chi connectivity index (χ1v) is 4.23. The van der Waals surface area contributed by atoms with Crippen LogP contribution in [0.1, 0.15) is 15.9 Å². The van der Waals surface area contributed by atoms with Gasteiger partial charge in [0.25, 0.3) is 0 Å². The van der Waals surface area contributed by atoms with Crippen LogP contribution in [0.2, 0.25) is 0 Å². The van der Waals surface area contributed by atoms with Gasteiger partial charge in [0.2, 0.25) is 0 Å². The summed E-state index contributed by atoms with van der Waals surface area (Å²) in [5.74, 6) is -1.09. The van der Waals surface area contributed by atoms with E-state index in [4.69, 9.17) is 10.5 Å². The number of ether oxygens (including phenoxy) is 2. The third kappa shape index (κ3) is 1.86. The fourth-order valence-electron chi connectivity index (χ4n) is 1.31. The van der Waals surface area contributed by atoms with Crippen LogP contribution in [-0.2, 0) is 4.74 Å². The van der Waals surface area contributed by atoms with E-state index in [0.717, 1.165) is 6.07 Å². The lowest BCUT2D eigenvalue weighted by molar-refractivity contribution is 0.0595. The quantitative estimate of drug-likeness (QED) is 0.597. The maximum Gasteiger partial charge on any atom is 0.342 e. The van der Waals surface area contributed by atoms with Crippen LogP contribution in [0.25, 0.3) is 0 Å². The molecule has 0 aliphatic carbocycles. The van der Waals surface area contributed by atoms with Crippen molar-refractivity contribution in [3.63, 3.8) is 0 Å². The molecule has 0 bridgehead atoms. The van der Waals surface area contributed by atoms with E-state index in [9.17, 15) is 9.18 Å². The highest BCUT2D eigenvalue weighted by Gasteiger charge is 2.21. The molecular formula is C10H12FNO3. The number of carbonyl (C=O) groups is 1. The summed E-state index contributed by atoms with van der Waals surface area (Å²) in [6.45, 7) is 1.46. The van der Waals surface area contributed by atoms with Gasteiger partial charge in [0.05, 0.1) is 19.9 Å². The second-order valence-electron chi connectivity index (χ2n) is 2.97. The standard InChI is InChI=1S/C10H12FNO3/c1-5-6(11)4-7(12)9(14-2)8(5)10(13)15-3/h4H,12H2,1-3H3. The van der Waals surface area contributed by atoms with Crippen molar-refractivity contribution in [1.82, 2.24) is 0 Å². The molecule has 0 saturated carbocycles. The summed E-state index contributed by atoms with van der Waals surface area (Å²) >= 11 is 0. The van der Waals surface area contributed by atoms with E-state index in [2.05, 4.69) is 4.74 Å². The van der Waals surface area contributed by atoms with Crippen molar-refractivity contribution in [3.05, 3.63) is 23.0 Å². The van der Waals surface area contributed by atoms with E-state index in [1.54, 1.807) is 0 Å². The first kappa shape index (κ1) is 11.3. The number of anilines is 1. The molecule has 1 rings (SSSR count). The molecule has 5 heteroatoms. The Balaban J connectivity index is 3.50. The number of nitrogen functional groups attached to an aromatic ring is 1. The summed E-state index contributed by atoms with van der Waals surface area (Å²) in [5.41, 5.74) is 5.78. The van der Waals surface area contributed by atoms with Gasteiger partial charge in [0, 0.05) is 11.6 Å².